The van der Waals surface area contributed by atoms with Crippen LogP contribution in [0.1, 0.15) is 39.8 Å². The van der Waals surface area contributed by atoms with Crippen molar-refractivity contribution in [1.29, 1.82) is 0 Å². The van der Waals surface area contributed by atoms with Crippen molar-refractivity contribution >= 4 is 17.7 Å². The van der Waals surface area contributed by atoms with Crippen molar-refractivity contribution in [1.82, 2.24) is 15.0 Å². The highest BCUT2D eigenvalue weighted by Crippen LogP contribution is 2.25. The van der Waals surface area contributed by atoms with Gasteiger partial charge in [0.05, 0.1) is 11.1 Å². The topological polar surface area (TPSA) is 83.7 Å². The summed E-state index contributed by atoms with van der Waals surface area (Å²) in [6.45, 7) is 2.05. The number of aryl methyl sites for hydroxylation is 1. The maximum absolute atomic E-state index is 12.8. The second kappa shape index (κ2) is 8.55. The Morgan fingerprint density at radius 2 is 1.65 bits per heavy atom. The second-order valence-corrected chi connectivity index (χ2v) is 7.61. The molecule has 0 fully saturated rings. The number of fused-ring (bicyclic) bond motifs is 1. The summed E-state index contributed by atoms with van der Waals surface area (Å²) in [5.74, 6) is -0.389. The Morgan fingerprint density at radius 1 is 1.03 bits per heavy atom. The molecule has 0 bridgehead atoms. The molecule has 31 heavy (non-hydrogen) atoms. The third kappa shape index (κ3) is 3.99. The van der Waals surface area contributed by atoms with Crippen molar-refractivity contribution in [2.45, 2.75) is 25.8 Å². The number of aromatic nitrogens is 1. The van der Waals surface area contributed by atoms with Crippen LogP contribution in [0.15, 0.2) is 65.2 Å². The van der Waals surface area contributed by atoms with Crippen molar-refractivity contribution in [3.05, 3.63) is 77.6 Å². The van der Waals surface area contributed by atoms with E-state index in [-0.39, 0.29) is 5.91 Å². The molecule has 158 valence electrons. The van der Waals surface area contributed by atoms with Gasteiger partial charge in [0.2, 0.25) is 5.91 Å². The molecule has 0 saturated carbocycles. The standard InChI is InChI=1S/C24H23N3O4/c1-16(27-23(29)19-12-6-7-13-20(19)24(27)30)22(28)26(2)14-8-11-18-15-21(25-31-18)17-9-4-3-5-10-17/h3-7,9-10,12-13,15-16H,8,11,14H2,1-2H3. The molecule has 7 nitrogen and oxygen atoms in total. The van der Waals surface area contributed by atoms with E-state index < -0.39 is 17.9 Å². The Kier molecular flexibility index (Phi) is 5.66. The van der Waals surface area contributed by atoms with Gasteiger partial charge in [0.1, 0.15) is 17.5 Å². The number of rotatable bonds is 7. The zero-order valence-corrected chi connectivity index (χ0v) is 17.4. The molecule has 0 radical (unpaired) electrons. The minimum atomic E-state index is -0.868. The van der Waals surface area contributed by atoms with Gasteiger partial charge in [-0.05, 0) is 25.5 Å². The summed E-state index contributed by atoms with van der Waals surface area (Å²) in [6, 6.07) is 17.4. The van der Waals surface area contributed by atoms with Crippen molar-refractivity contribution in [3.63, 3.8) is 0 Å². The molecule has 2 heterocycles. The van der Waals surface area contributed by atoms with Gasteiger partial charge in [-0.25, -0.2) is 0 Å². The van der Waals surface area contributed by atoms with Gasteiger partial charge in [0.25, 0.3) is 11.8 Å². The van der Waals surface area contributed by atoms with E-state index in [1.165, 1.54) is 0 Å². The molecule has 3 amide bonds. The summed E-state index contributed by atoms with van der Waals surface area (Å²) in [5.41, 5.74) is 2.45. The normalized spacial score (nSPS) is 13.9. The van der Waals surface area contributed by atoms with Crippen LogP contribution in [0.3, 0.4) is 0 Å². The average molecular weight is 417 g/mol. The van der Waals surface area contributed by atoms with E-state index in [0.717, 1.165) is 21.9 Å². The maximum atomic E-state index is 12.8. The first kappa shape index (κ1) is 20.5. The smallest absolute Gasteiger partial charge is 0.262 e. The first-order valence-corrected chi connectivity index (χ1v) is 10.2. The van der Waals surface area contributed by atoms with Crippen LogP contribution in [0.25, 0.3) is 11.3 Å². The lowest BCUT2D eigenvalue weighted by Gasteiger charge is -2.26. The van der Waals surface area contributed by atoms with E-state index >= 15 is 0 Å². The van der Waals surface area contributed by atoms with E-state index in [1.54, 1.807) is 43.1 Å². The van der Waals surface area contributed by atoms with Crippen molar-refractivity contribution < 1.29 is 18.9 Å². The summed E-state index contributed by atoms with van der Waals surface area (Å²) < 4.78 is 5.40. The largest absolute Gasteiger partial charge is 0.361 e. The predicted octanol–water partition coefficient (Wildman–Crippen LogP) is 3.42. The molecule has 0 aliphatic carbocycles. The third-order valence-electron chi connectivity index (χ3n) is 5.49. The predicted molar refractivity (Wildman–Crippen MR) is 114 cm³/mol. The quantitative estimate of drug-likeness (QED) is 0.550. The molecule has 3 aromatic rings. The number of benzene rings is 2. The van der Waals surface area contributed by atoms with E-state index in [0.29, 0.717) is 30.5 Å². The summed E-state index contributed by atoms with van der Waals surface area (Å²) in [7, 11) is 1.67. The summed E-state index contributed by atoms with van der Waals surface area (Å²) >= 11 is 0. The van der Waals surface area contributed by atoms with Crippen LogP contribution < -0.4 is 0 Å². The van der Waals surface area contributed by atoms with Crippen LogP contribution in [-0.2, 0) is 11.2 Å². The Labute approximate surface area is 180 Å². The molecule has 1 aliphatic rings. The lowest BCUT2D eigenvalue weighted by molar-refractivity contribution is -0.133. The van der Waals surface area contributed by atoms with Gasteiger partial charge in [-0.1, -0.05) is 47.6 Å². The molecule has 0 N–H and O–H groups in total. The molecular weight excluding hydrogens is 394 g/mol. The van der Waals surface area contributed by atoms with E-state index in [1.807, 2.05) is 36.4 Å². The fourth-order valence-corrected chi connectivity index (χ4v) is 3.77. The Hall–Kier alpha value is -3.74. The average Bonchev–Trinajstić information content (AvgIpc) is 3.37. The number of nitrogens with zero attached hydrogens (tertiary/aromatic N) is 3. The van der Waals surface area contributed by atoms with Gasteiger partial charge in [0, 0.05) is 31.6 Å². The molecular formula is C24H23N3O4. The van der Waals surface area contributed by atoms with Crippen LogP contribution >= 0.6 is 0 Å². The number of imide groups is 1. The van der Waals surface area contributed by atoms with Crippen LogP contribution in [0.4, 0.5) is 0 Å². The zero-order valence-electron chi connectivity index (χ0n) is 17.4. The monoisotopic (exact) mass is 417 g/mol. The van der Waals surface area contributed by atoms with E-state index in [9.17, 15) is 14.4 Å². The maximum Gasteiger partial charge on any atom is 0.262 e. The van der Waals surface area contributed by atoms with Gasteiger partial charge in [-0.2, -0.15) is 0 Å². The van der Waals surface area contributed by atoms with Gasteiger partial charge in [-0.3, -0.25) is 19.3 Å². The Morgan fingerprint density at radius 3 is 2.29 bits per heavy atom. The lowest BCUT2D eigenvalue weighted by Crippen LogP contribution is -2.48. The fraction of sp³-hybridized carbons (Fsp3) is 0.250. The zero-order chi connectivity index (χ0) is 22.0. The summed E-state index contributed by atoms with van der Waals surface area (Å²) in [4.78, 5) is 40.7. The molecule has 2 aromatic carbocycles. The van der Waals surface area contributed by atoms with Crippen molar-refractivity contribution in [2.24, 2.45) is 0 Å². The lowest BCUT2D eigenvalue weighted by atomic mass is 10.1. The second-order valence-electron chi connectivity index (χ2n) is 7.61. The Balaban J connectivity index is 1.33. The number of carbonyl (C=O) groups excluding carboxylic acids is 3. The van der Waals surface area contributed by atoms with Crippen molar-refractivity contribution in [3.8, 4) is 11.3 Å². The molecule has 1 aliphatic heterocycles. The van der Waals surface area contributed by atoms with Gasteiger partial charge in [0.15, 0.2) is 0 Å². The molecule has 1 atom stereocenters. The third-order valence-corrected chi connectivity index (χ3v) is 5.49. The number of carbonyl (C=O) groups is 3. The molecule has 0 spiro atoms. The minimum absolute atomic E-state index is 0.281. The van der Waals surface area contributed by atoms with E-state index in [4.69, 9.17) is 4.52 Å². The van der Waals surface area contributed by atoms with Crippen molar-refractivity contribution in [2.75, 3.05) is 13.6 Å². The fourth-order valence-electron chi connectivity index (χ4n) is 3.77. The number of amides is 3. The highest BCUT2D eigenvalue weighted by Gasteiger charge is 2.41. The van der Waals surface area contributed by atoms with Crippen LogP contribution in [-0.4, -0.2) is 52.3 Å². The van der Waals surface area contributed by atoms with Gasteiger partial charge >= 0.3 is 0 Å². The highest BCUT2D eigenvalue weighted by atomic mass is 16.5. The first-order chi connectivity index (χ1) is 15.0. The van der Waals surface area contributed by atoms with Crippen LogP contribution in [0.5, 0.6) is 0 Å². The highest BCUT2D eigenvalue weighted by molar-refractivity contribution is 6.22. The molecule has 1 aromatic heterocycles. The number of hydrogen-bond acceptors (Lipinski definition) is 5. The van der Waals surface area contributed by atoms with E-state index in [2.05, 4.69) is 5.16 Å². The molecule has 7 heteroatoms. The van der Waals surface area contributed by atoms with Gasteiger partial charge in [-0.15, -0.1) is 0 Å². The summed E-state index contributed by atoms with van der Waals surface area (Å²) in [5, 5.41) is 4.10. The minimum Gasteiger partial charge on any atom is -0.361 e. The van der Waals surface area contributed by atoms with Crippen LogP contribution in [0.2, 0.25) is 0 Å². The Bertz CT molecular complexity index is 1090. The first-order valence-electron chi connectivity index (χ1n) is 10.2. The van der Waals surface area contributed by atoms with Gasteiger partial charge < -0.3 is 9.42 Å². The number of likely N-dealkylation sites (N-methyl/N-ethyl adjacent to an activating group) is 1. The summed E-state index contributed by atoms with van der Waals surface area (Å²) in [6.07, 6.45) is 1.29. The number of hydrogen-bond donors (Lipinski definition) is 0. The van der Waals surface area contributed by atoms with Crippen LogP contribution in [0, 0.1) is 0 Å². The molecule has 1 unspecified atom stereocenters. The molecule has 4 rings (SSSR count). The molecule has 0 saturated heterocycles. The SMILES string of the molecule is CC(C(=O)N(C)CCCc1cc(-c2ccccc2)no1)N1C(=O)c2ccccc2C1=O.